The second-order valence-corrected chi connectivity index (χ2v) is 5.46. The Labute approximate surface area is 124 Å². The lowest BCUT2D eigenvalue weighted by Gasteiger charge is -2.26. The van der Waals surface area contributed by atoms with Crippen LogP contribution >= 0.6 is 0 Å². The number of hydrogen-bond donors (Lipinski definition) is 2. The monoisotopic (exact) mass is 294 g/mol. The van der Waals surface area contributed by atoms with E-state index in [0.29, 0.717) is 24.1 Å². The minimum absolute atomic E-state index is 0.0230. The summed E-state index contributed by atoms with van der Waals surface area (Å²) in [5, 5.41) is 23.7. The van der Waals surface area contributed by atoms with Gasteiger partial charge >= 0.3 is 0 Å². The molecule has 116 valence electrons. The van der Waals surface area contributed by atoms with Crippen LogP contribution in [0.5, 0.6) is 0 Å². The molecule has 0 bridgehead atoms. The van der Waals surface area contributed by atoms with Crippen LogP contribution in [-0.2, 0) is 0 Å². The van der Waals surface area contributed by atoms with Crippen molar-refractivity contribution in [2.45, 2.75) is 32.7 Å². The van der Waals surface area contributed by atoms with Crippen LogP contribution in [0.25, 0.3) is 0 Å². The summed E-state index contributed by atoms with van der Waals surface area (Å²) in [4.78, 5) is 17.1. The van der Waals surface area contributed by atoms with E-state index in [4.69, 9.17) is 0 Å². The number of aromatic nitrogens is 1. The average Bonchev–Trinajstić information content (AvgIpc) is 2.85. The van der Waals surface area contributed by atoms with E-state index >= 15 is 0 Å². The second-order valence-electron chi connectivity index (χ2n) is 5.46. The molecule has 7 nitrogen and oxygen atoms in total. The molecular weight excluding hydrogens is 272 g/mol. The van der Waals surface area contributed by atoms with Crippen LogP contribution in [0.2, 0.25) is 0 Å². The Morgan fingerprint density at radius 2 is 2.33 bits per heavy atom. The molecule has 2 atom stereocenters. The van der Waals surface area contributed by atoms with Crippen LogP contribution in [0.1, 0.15) is 26.7 Å². The summed E-state index contributed by atoms with van der Waals surface area (Å²) in [6, 6.07) is 2.91. The molecular formula is C14H22N4O3. The zero-order valence-electron chi connectivity index (χ0n) is 12.5. The van der Waals surface area contributed by atoms with Gasteiger partial charge in [-0.15, -0.1) is 0 Å². The number of anilines is 2. The fourth-order valence-corrected chi connectivity index (χ4v) is 2.67. The number of rotatable bonds is 6. The highest BCUT2D eigenvalue weighted by atomic mass is 16.6. The third-order valence-corrected chi connectivity index (χ3v) is 3.93. The minimum atomic E-state index is -0.407. The maximum Gasteiger partial charge on any atom is 0.276 e. The molecule has 2 rings (SSSR count). The van der Waals surface area contributed by atoms with Crippen molar-refractivity contribution in [2.24, 2.45) is 5.92 Å². The van der Waals surface area contributed by atoms with E-state index in [-0.39, 0.29) is 18.3 Å². The van der Waals surface area contributed by atoms with E-state index in [1.165, 1.54) is 12.1 Å². The van der Waals surface area contributed by atoms with Gasteiger partial charge in [0.15, 0.2) is 0 Å². The van der Waals surface area contributed by atoms with E-state index in [0.717, 1.165) is 19.4 Å². The van der Waals surface area contributed by atoms with Gasteiger partial charge in [-0.2, -0.15) is 0 Å². The maximum absolute atomic E-state index is 11.1. The van der Waals surface area contributed by atoms with Gasteiger partial charge in [-0.1, -0.05) is 13.8 Å². The summed E-state index contributed by atoms with van der Waals surface area (Å²) in [5.41, 5.74) is 0.0230. The number of nitro groups is 1. The molecule has 2 N–H and O–H groups in total. The number of aliphatic hydroxyl groups excluding tert-OH is 1. The first-order valence-corrected chi connectivity index (χ1v) is 7.34. The Balaban J connectivity index is 2.33. The maximum atomic E-state index is 11.1. The molecule has 7 heteroatoms. The number of nitrogens with zero attached hydrogens (tertiary/aromatic N) is 3. The van der Waals surface area contributed by atoms with Gasteiger partial charge in [-0.3, -0.25) is 10.1 Å². The molecule has 2 unspecified atom stereocenters. The van der Waals surface area contributed by atoms with Crippen LogP contribution < -0.4 is 10.2 Å². The molecule has 1 aromatic heterocycles. The van der Waals surface area contributed by atoms with Crippen LogP contribution in [0.3, 0.4) is 0 Å². The predicted molar refractivity (Wildman–Crippen MR) is 81.7 cm³/mol. The SMILES string of the molecule is CCCNc1cc([N+](=O)[O-])cc(N2CCC(C)C2CO)n1. The molecule has 1 aliphatic heterocycles. The van der Waals surface area contributed by atoms with Gasteiger partial charge in [-0.25, -0.2) is 4.98 Å². The van der Waals surface area contributed by atoms with E-state index in [1.54, 1.807) is 0 Å². The molecule has 0 saturated carbocycles. The quantitative estimate of drug-likeness (QED) is 0.616. The Morgan fingerprint density at radius 1 is 1.57 bits per heavy atom. The number of hydrogen-bond acceptors (Lipinski definition) is 6. The van der Waals surface area contributed by atoms with Crippen LogP contribution in [-0.4, -0.2) is 40.8 Å². The first-order valence-electron chi connectivity index (χ1n) is 7.34. The van der Waals surface area contributed by atoms with Crippen molar-refractivity contribution >= 4 is 17.3 Å². The Morgan fingerprint density at radius 3 is 2.95 bits per heavy atom. The highest BCUT2D eigenvalue weighted by molar-refractivity contribution is 5.57. The Kier molecular flexibility index (Phi) is 4.95. The minimum Gasteiger partial charge on any atom is -0.394 e. The molecule has 21 heavy (non-hydrogen) atoms. The third-order valence-electron chi connectivity index (χ3n) is 3.93. The first-order chi connectivity index (χ1) is 10.1. The normalized spacial score (nSPS) is 21.6. The molecule has 1 aliphatic rings. The summed E-state index contributed by atoms with van der Waals surface area (Å²) in [6.45, 7) is 5.61. The summed E-state index contributed by atoms with van der Waals surface area (Å²) < 4.78 is 0. The molecule has 0 spiro atoms. The van der Waals surface area contributed by atoms with Crippen LogP contribution in [0, 0.1) is 16.0 Å². The Hall–Kier alpha value is -1.89. The van der Waals surface area contributed by atoms with Crippen molar-refractivity contribution in [1.29, 1.82) is 0 Å². The predicted octanol–water partition coefficient (Wildman–Crippen LogP) is 2.02. The second kappa shape index (κ2) is 6.71. The number of pyridine rings is 1. The summed E-state index contributed by atoms with van der Waals surface area (Å²) in [6.07, 6.45) is 1.87. The highest BCUT2D eigenvalue weighted by Crippen LogP contribution is 2.31. The zero-order valence-corrected chi connectivity index (χ0v) is 12.5. The van der Waals surface area contributed by atoms with E-state index in [1.807, 2.05) is 11.8 Å². The standard InChI is InChI=1S/C14H22N4O3/c1-3-5-15-13-7-11(18(20)21)8-14(16-13)17-6-4-10(2)12(17)9-19/h7-8,10,12,19H,3-6,9H2,1-2H3,(H,15,16). The molecule has 0 aromatic carbocycles. The van der Waals surface area contributed by atoms with Crippen molar-refractivity contribution in [3.05, 3.63) is 22.2 Å². The Bertz CT molecular complexity index is 509. The molecule has 0 aliphatic carbocycles. The average molecular weight is 294 g/mol. The van der Waals surface area contributed by atoms with Crippen molar-refractivity contribution < 1.29 is 10.0 Å². The fourth-order valence-electron chi connectivity index (χ4n) is 2.67. The lowest BCUT2D eigenvalue weighted by molar-refractivity contribution is -0.384. The van der Waals surface area contributed by atoms with Crippen molar-refractivity contribution in [3.8, 4) is 0 Å². The highest BCUT2D eigenvalue weighted by Gasteiger charge is 2.32. The largest absolute Gasteiger partial charge is 0.394 e. The molecule has 0 radical (unpaired) electrons. The summed E-state index contributed by atoms with van der Waals surface area (Å²) in [5.74, 6) is 1.42. The lowest BCUT2D eigenvalue weighted by Crippen LogP contribution is -2.35. The van der Waals surface area contributed by atoms with E-state index in [9.17, 15) is 15.2 Å². The molecule has 1 aromatic rings. The third kappa shape index (κ3) is 3.41. The van der Waals surface area contributed by atoms with Gasteiger partial charge in [0.25, 0.3) is 5.69 Å². The topological polar surface area (TPSA) is 91.5 Å². The van der Waals surface area contributed by atoms with Gasteiger partial charge < -0.3 is 15.3 Å². The summed E-state index contributed by atoms with van der Waals surface area (Å²) >= 11 is 0. The van der Waals surface area contributed by atoms with Crippen molar-refractivity contribution in [3.63, 3.8) is 0 Å². The van der Waals surface area contributed by atoms with E-state index < -0.39 is 4.92 Å². The smallest absolute Gasteiger partial charge is 0.276 e. The van der Waals surface area contributed by atoms with Gasteiger partial charge in [0.05, 0.1) is 29.7 Å². The fraction of sp³-hybridized carbons (Fsp3) is 0.643. The zero-order chi connectivity index (χ0) is 15.4. The van der Waals surface area contributed by atoms with Gasteiger partial charge in [0, 0.05) is 13.1 Å². The van der Waals surface area contributed by atoms with E-state index in [2.05, 4.69) is 17.2 Å². The molecule has 0 amide bonds. The molecule has 2 heterocycles. The van der Waals surface area contributed by atoms with Crippen molar-refractivity contribution in [1.82, 2.24) is 4.98 Å². The van der Waals surface area contributed by atoms with Crippen molar-refractivity contribution in [2.75, 3.05) is 29.9 Å². The first kappa shape index (κ1) is 15.5. The van der Waals surface area contributed by atoms with Crippen LogP contribution in [0.4, 0.5) is 17.3 Å². The molecule has 1 saturated heterocycles. The van der Waals surface area contributed by atoms with Gasteiger partial charge in [0.2, 0.25) is 0 Å². The lowest BCUT2D eigenvalue weighted by atomic mass is 10.0. The van der Waals surface area contributed by atoms with Gasteiger partial charge in [-0.05, 0) is 18.8 Å². The number of aliphatic hydroxyl groups is 1. The summed E-state index contributed by atoms with van der Waals surface area (Å²) in [7, 11) is 0. The van der Waals surface area contributed by atoms with Crippen LogP contribution in [0.15, 0.2) is 12.1 Å². The van der Waals surface area contributed by atoms with Gasteiger partial charge in [0.1, 0.15) is 11.6 Å². The molecule has 1 fully saturated rings. The number of nitrogens with one attached hydrogen (secondary N) is 1.